The fourth-order valence-corrected chi connectivity index (χ4v) is 2.85. The molecule has 3 rings (SSSR count). The number of para-hydroxylation sites is 1. The third kappa shape index (κ3) is 11.3. The molecule has 0 amide bonds. The van der Waals surface area contributed by atoms with Crippen LogP contribution < -0.4 is 16.0 Å². The second-order valence-corrected chi connectivity index (χ2v) is 6.65. The predicted octanol–water partition coefficient (Wildman–Crippen LogP) is 2.16. The zero-order valence-electron chi connectivity index (χ0n) is 16.0. The minimum Gasteiger partial charge on any atom is -0.480 e. The van der Waals surface area contributed by atoms with Gasteiger partial charge in [-0.15, -0.1) is 0 Å². The van der Waals surface area contributed by atoms with Crippen LogP contribution in [0.3, 0.4) is 0 Å². The van der Waals surface area contributed by atoms with Crippen LogP contribution in [-0.4, -0.2) is 54.3 Å². The molecule has 152 valence electrons. The largest absolute Gasteiger partial charge is 0.480 e. The molecule has 0 bridgehead atoms. The molecule has 1 aromatic carbocycles. The maximum absolute atomic E-state index is 10.5. The summed E-state index contributed by atoms with van der Waals surface area (Å²) >= 11 is 0. The molecule has 4 N–H and O–H groups in total. The molecule has 2 aliphatic rings. The van der Waals surface area contributed by atoms with Crippen LogP contribution in [0.5, 0.6) is 0 Å². The van der Waals surface area contributed by atoms with Crippen LogP contribution in [-0.2, 0) is 4.79 Å². The number of nitro benzene ring substituents is 1. The van der Waals surface area contributed by atoms with Gasteiger partial charge < -0.3 is 21.1 Å². The Balaban J connectivity index is 0.000000214. The van der Waals surface area contributed by atoms with E-state index in [4.69, 9.17) is 5.11 Å². The molecule has 0 aromatic heterocycles. The van der Waals surface area contributed by atoms with Crippen molar-refractivity contribution >= 4 is 11.7 Å². The first-order valence-electron chi connectivity index (χ1n) is 9.60. The van der Waals surface area contributed by atoms with Gasteiger partial charge in [0, 0.05) is 44.4 Å². The lowest BCUT2D eigenvalue weighted by Gasteiger charge is -2.24. The summed E-state index contributed by atoms with van der Waals surface area (Å²) in [5.41, 5.74) is 0.137. The van der Waals surface area contributed by atoms with E-state index in [1.807, 2.05) is 0 Å². The molecule has 0 spiro atoms. The van der Waals surface area contributed by atoms with Crippen LogP contribution in [0.1, 0.15) is 39.0 Å². The second kappa shape index (κ2) is 14.1. The minimum absolute atomic E-state index is 0.137. The number of carboxylic acids is 1. The normalized spacial score (nSPS) is 18.1. The van der Waals surface area contributed by atoms with Crippen molar-refractivity contribution in [2.24, 2.45) is 0 Å². The topological polar surface area (TPSA) is 117 Å². The summed E-state index contributed by atoms with van der Waals surface area (Å²) in [6.45, 7) is 6.26. The molecule has 1 aromatic rings. The predicted molar refractivity (Wildman–Crippen MR) is 106 cm³/mol. The van der Waals surface area contributed by atoms with Gasteiger partial charge in [0.1, 0.15) is 6.04 Å². The standard InChI is InChI=1S/C9H17NO2.C6H5NO2.C4H10N2/c1-7(9(11)12)10-8-5-3-2-4-6-8;8-7(9)6-4-2-1-3-5-6;1-2-6-4-3-5-1/h7-8,10H,2-6H2,1H3,(H,11,12);1-5H;5-6H,1-4H2/t7-;;/m0../s1. The number of nitrogens with one attached hydrogen (secondary N) is 3. The van der Waals surface area contributed by atoms with E-state index >= 15 is 0 Å². The van der Waals surface area contributed by atoms with Crippen LogP contribution in [0.15, 0.2) is 30.3 Å². The van der Waals surface area contributed by atoms with Gasteiger partial charge in [-0.2, -0.15) is 0 Å². The lowest BCUT2D eigenvalue weighted by atomic mass is 9.95. The maximum atomic E-state index is 10.5. The Morgan fingerprint density at radius 2 is 1.63 bits per heavy atom. The number of non-ortho nitro benzene ring substituents is 1. The van der Waals surface area contributed by atoms with Crippen molar-refractivity contribution in [3.8, 4) is 0 Å². The van der Waals surface area contributed by atoms with Gasteiger partial charge in [0.15, 0.2) is 0 Å². The summed E-state index contributed by atoms with van der Waals surface area (Å²) in [4.78, 5) is 20.1. The molecule has 2 fully saturated rings. The van der Waals surface area contributed by atoms with Gasteiger partial charge >= 0.3 is 5.97 Å². The SMILES string of the molecule is C1CNCCN1.C[C@H](NC1CCCCC1)C(=O)O.O=[N+]([O-])c1ccccc1. The van der Waals surface area contributed by atoms with Crippen molar-refractivity contribution in [1.82, 2.24) is 16.0 Å². The first-order valence-corrected chi connectivity index (χ1v) is 9.60. The highest BCUT2D eigenvalue weighted by molar-refractivity contribution is 5.72. The van der Waals surface area contributed by atoms with Gasteiger partial charge in [-0.25, -0.2) is 0 Å². The van der Waals surface area contributed by atoms with Crippen molar-refractivity contribution in [3.05, 3.63) is 40.4 Å². The molecule has 1 aliphatic carbocycles. The van der Waals surface area contributed by atoms with Crippen LogP contribution in [0.2, 0.25) is 0 Å². The van der Waals surface area contributed by atoms with Crippen molar-refractivity contribution in [3.63, 3.8) is 0 Å². The van der Waals surface area contributed by atoms with E-state index in [1.54, 1.807) is 25.1 Å². The van der Waals surface area contributed by atoms with E-state index in [-0.39, 0.29) is 5.69 Å². The molecule has 1 atom stereocenters. The summed E-state index contributed by atoms with van der Waals surface area (Å²) in [7, 11) is 0. The molecule has 0 radical (unpaired) electrons. The molecule has 1 aliphatic heterocycles. The van der Waals surface area contributed by atoms with Crippen molar-refractivity contribution in [2.45, 2.75) is 51.1 Å². The molecule has 1 saturated carbocycles. The number of rotatable bonds is 4. The van der Waals surface area contributed by atoms with E-state index < -0.39 is 16.9 Å². The molecule has 1 saturated heterocycles. The van der Waals surface area contributed by atoms with Gasteiger partial charge in [0.25, 0.3) is 5.69 Å². The molecule has 27 heavy (non-hydrogen) atoms. The van der Waals surface area contributed by atoms with Gasteiger partial charge in [-0.05, 0) is 19.8 Å². The van der Waals surface area contributed by atoms with Crippen LogP contribution in [0.25, 0.3) is 0 Å². The number of hydrogen-bond acceptors (Lipinski definition) is 6. The number of benzene rings is 1. The van der Waals surface area contributed by atoms with Gasteiger partial charge in [0.2, 0.25) is 0 Å². The highest BCUT2D eigenvalue weighted by Gasteiger charge is 2.18. The average molecular weight is 380 g/mol. The zero-order chi connectivity index (χ0) is 19.9. The molecule has 1 heterocycles. The van der Waals surface area contributed by atoms with Crippen molar-refractivity contribution in [2.75, 3.05) is 26.2 Å². The fourth-order valence-electron chi connectivity index (χ4n) is 2.85. The first kappa shape index (κ1) is 23.0. The van der Waals surface area contributed by atoms with E-state index in [0.29, 0.717) is 6.04 Å². The Hall–Kier alpha value is -2.03. The average Bonchev–Trinajstić information content (AvgIpc) is 2.71. The highest BCUT2D eigenvalue weighted by atomic mass is 16.6. The van der Waals surface area contributed by atoms with Crippen LogP contribution in [0, 0.1) is 10.1 Å². The first-order chi connectivity index (χ1) is 13.0. The van der Waals surface area contributed by atoms with Crippen molar-refractivity contribution in [1.29, 1.82) is 0 Å². The number of carbonyl (C=O) groups is 1. The van der Waals surface area contributed by atoms with Crippen LogP contribution >= 0.6 is 0 Å². The number of nitrogens with zero attached hydrogens (tertiary/aromatic N) is 1. The summed E-state index contributed by atoms with van der Waals surface area (Å²) in [5, 5.41) is 28.2. The Labute approximate surface area is 160 Å². The Morgan fingerprint density at radius 1 is 1.11 bits per heavy atom. The third-order valence-corrected chi connectivity index (χ3v) is 4.39. The minimum atomic E-state index is -0.749. The lowest BCUT2D eigenvalue weighted by Crippen LogP contribution is -2.42. The monoisotopic (exact) mass is 380 g/mol. The summed E-state index contributed by atoms with van der Waals surface area (Å²) in [5.74, 6) is -0.749. The van der Waals surface area contributed by atoms with Gasteiger partial charge in [-0.3, -0.25) is 14.9 Å². The number of nitro groups is 1. The molecule has 8 nitrogen and oxygen atoms in total. The molecule has 0 unspecified atom stereocenters. The number of aliphatic carboxylic acids is 1. The second-order valence-electron chi connectivity index (χ2n) is 6.65. The Bertz CT molecular complexity index is 520. The van der Waals surface area contributed by atoms with E-state index in [1.165, 1.54) is 31.4 Å². The zero-order valence-corrected chi connectivity index (χ0v) is 16.0. The highest BCUT2D eigenvalue weighted by Crippen LogP contribution is 2.17. The lowest BCUT2D eigenvalue weighted by molar-refractivity contribution is -0.384. The molecular formula is C19H32N4O4. The fraction of sp³-hybridized carbons (Fsp3) is 0.632. The van der Waals surface area contributed by atoms with Gasteiger partial charge in [0.05, 0.1) is 4.92 Å². The van der Waals surface area contributed by atoms with Gasteiger partial charge in [-0.1, -0.05) is 37.5 Å². The van der Waals surface area contributed by atoms with E-state index in [9.17, 15) is 14.9 Å². The Morgan fingerprint density at radius 3 is 2.00 bits per heavy atom. The molecule has 8 heteroatoms. The van der Waals surface area contributed by atoms with Crippen LogP contribution in [0.4, 0.5) is 5.69 Å². The van der Waals surface area contributed by atoms with E-state index in [2.05, 4.69) is 16.0 Å². The number of piperazine rings is 1. The van der Waals surface area contributed by atoms with Crippen molar-refractivity contribution < 1.29 is 14.8 Å². The summed E-state index contributed by atoms with van der Waals surface area (Å²) in [6.07, 6.45) is 6.06. The summed E-state index contributed by atoms with van der Waals surface area (Å²) in [6, 6.07) is 7.97. The number of carboxylic acid groups (broad SMARTS) is 1. The maximum Gasteiger partial charge on any atom is 0.320 e. The summed E-state index contributed by atoms with van der Waals surface area (Å²) < 4.78 is 0. The van der Waals surface area contributed by atoms with E-state index in [0.717, 1.165) is 39.0 Å². The molecular weight excluding hydrogens is 348 g/mol. The Kier molecular flexibility index (Phi) is 12.0. The third-order valence-electron chi connectivity index (χ3n) is 4.39. The smallest absolute Gasteiger partial charge is 0.320 e. The number of hydrogen-bond donors (Lipinski definition) is 4. The quantitative estimate of drug-likeness (QED) is 0.467.